The van der Waals surface area contributed by atoms with E-state index in [1.165, 1.54) is 0 Å². The number of fused-ring (bicyclic) bond motifs is 1. The van der Waals surface area contributed by atoms with Crippen LogP contribution in [0.15, 0.2) is 24.3 Å². The summed E-state index contributed by atoms with van der Waals surface area (Å²) in [5.74, 6) is 1.56. The predicted octanol–water partition coefficient (Wildman–Crippen LogP) is 1.88. The summed E-state index contributed by atoms with van der Waals surface area (Å²) in [6.07, 6.45) is 0.820. The summed E-state index contributed by atoms with van der Waals surface area (Å²) in [5, 5.41) is 3.46. The van der Waals surface area contributed by atoms with Gasteiger partial charge in [-0.3, -0.25) is 4.21 Å². The summed E-state index contributed by atoms with van der Waals surface area (Å²) in [6, 6.07) is 8.11. The largest absolute Gasteiger partial charge is 0.492 e. The molecule has 3 atom stereocenters. The number of benzene rings is 1. The quantitative estimate of drug-likeness (QED) is 0.781. The molecule has 5 heteroatoms. The van der Waals surface area contributed by atoms with Crippen molar-refractivity contribution in [3.63, 3.8) is 0 Å². The third-order valence-corrected chi connectivity index (χ3v) is 5.26. The molecule has 3 unspecified atom stereocenters. The van der Waals surface area contributed by atoms with Gasteiger partial charge in [-0.15, -0.1) is 0 Å². The van der Waals surface area contributed by atoms with E-state index in [0.29, 0.717) is 19.0 Å². The molecule has 0 radical (unpaired) electrons. The minimum absolute atomic E-state index is 0.00158. The molecule has 0 spiro atoms. The molecule has 0 aromatic heterocycles. The van der Waals surface area contributed by atoms with Crippen molar-refractivity contribution >= 4 is 10.8 Å². The number of para-hydroxylation sites is 1. The fraction of sp³-hybridized carbons (Fsp3) is 0.600. The van der Waals surface area contributed by atoms with E-state index in [1.54, 1.807) is 7.11 Å². The van der Waals surface area contributed by atoms with E-state index in [-0.39, 0.29) is 11.3 Å². The van der Waals surface area contributed by atoms with E-state index in [4.69, 9.17) is 9.47 Å². The van der Waals surface area contributed by atoms with Gasteiger partial charge in [0.2, 0.25) is 0 Å². The molecular weight excluding hydrogens is 274 g/mol. The summed E-state index contributed by atoms with van der Waals surface area (Å²) in [5.41, 5.74) is 1.12. The maximum absolute atomic E-state index is 12.5. The zero-order chi connectivity index (χ0) is 14.4. The SMILES string of the molecule is CCNC1c2ccccc2OCC1S(=O)CCCOC. The zero-order valence-electron chi connectivity index (χ0n) is 12.1. The number of ether oxygens (including phenoxy) is 2. The Hall–Kier alpha value is -0.910. The van der Waals surface area contributed by atoms with Crippen molar-refractivity contribution in [2.75, 3.05) is 32.6 Å². The minimum Gasteiger partial charge on any atom is -0.492 e. The topological polar surface area (TPSA) is 47.6 Å². The van der Waals surface area contributed by atoms with Crippen LogP contribution in [0.2, 0.25) is 0 Å². The average Bonchev–Trinajstić information content (AvgIpc) is 2.48. The van der Waals surface area contributed by atoms with Gasteiger partial charge in [-0.1, -0.05) is 25.1 Å². The molecule has 1 aliphatic heterocycles. The van der Waals surface area contributed by atoms with Crippen LogP contribution in [0.3, 0.4) is 0 Å². The van der Waals surface area contributed by atoms with Crippen molar-refractivity contribution in [3.05, 3.63) is 29.8 Å². The maximum Gasteiger partial charge on any atom is 0.124 e. The lowest BCUT2D eigenvalue weighted by Gasteiger charge is -2.33. The molecule has 2 rings (SSSR count). The third kappa shape index (κ3) is 3.59. The number of rotatable bonds is 7. The van der Waals surface area contributed by atoms with E-state index in [1.807, 2.05) is 18.2 Å². The Labute approximate surface area is 123 Å². The van der Waals surface area contributed by atoms with Gasteiger partial charge in [-0.2, -0.15) is 0 Å². The van der Waals surface area contributed by atoms with Crippen LogP contribution in [0.25, 0.3) is 0 Å². The highest BCUT2D eigenvalue weighted by Crippen LogP contribution is 2.34. The smallest absolute Gasteiger partial charge is 0.124 e. The van der Waals surface area contributed by atoms with Crippen molar-refractivity contribution in [2.24, 2.45) is 0 Å². The Morgan fingerprint density at radius 1 is 1.45 bits per heavy atom. The summed E-state index contributed by atoms with van der Waals surface area (Å²) in [4.78, 5) is 0. The van der Waals surface area contributed by atoms with Crippen LogP contribution in [-0.2, 0) is 15.5 Å². The first-order valence-electron chi connectivity index (χ1n) is 7.09. The summed E-state index contributed by atoms with van der Waals surface area (Å²) >= 11 is 0. The molecule has 0 bridgehead atoms. The lowest BCUT2D eigenvalue weighted by molar-refractivity contribution is 0.199. The van der Waals surface area contributed by atoms with E-state index < -0.39 is 10.8 Å². The van der Waals surface area contributed by atoms with Gasteiger partial charge < -0.3 is 14.8 Å². The Balaban J connectivity index is 2.11. The maximum atomic E-state index is 12.5. The van der Waals surface area contributed by atoms with Gasteiger partial charge in [0, 0.05) is 35.8 Å². The Kier molecular flexibility index (Phi) is 6.01. The molecule has 1 aromatic rings. The molecule has 0 saturated carbocycles. The van der Waals surface area contributed by atoms with Gasteiger partial charge in [0.1, 0.15) is 12.4 Å². The standard InChI is InChI=1S/C15H23NO3S/c1-3-16-15-12-7-4-5-8-13(12)19-11-14(15)20(17)10-6-9-18-2/h4-5,7-8,14-16H,3,6,9-11H2,1-2H3. The van der Waals surface area contributed by atoms with Gasteiger partial charge in [0.05, 0.1) is 11.3 Å². The first-order valence-corrected chi connectivity index (χ1v) is 8.47. The number of methoxy groups -OCH3 is 1. The highest BCUT2D eigenvalue weighted by atomic mass is 32.2. The molecule has 0 saturated heterocycles. The van der Waals surface area contributed by atoms with Crippen LogP contribution in [0.1, 0.15) is 24.9 Å². The third-order valence-electron chi connectivity index (χ3n) is 3.48. The lowest BCUT2D eigenvalue weighted by Crippen LogP contribution is -2.42. The highest BCUT2D eigenvalue weighted by Gasteiger charge is 2.33. The van der Waals surface area contributed by atoms with Gasteiger partial charge >= 0.3 is 0 Å². The van der Waals surface area contributed by atoms with Crippen molar-refractivity contribution in [1.82, 2.24) is 5.32 Å². The van der Waals surface area contributed by atoms with E-state index >= 15 is 0 Å². The molecule has 1 heterocycles. The number of nitrogens with one attached hydrogen (secondary N) is 1. The normalized spacial score (nSPS) is 22.9. The van der Waals surface area contributed by atoms with Crippen molar-refractivity contribution < 1.29 is 13.7 Å². The Morgan fingerprint density at radius 2 is 2.25 bits per heavy atom. The first kappa shape index (κ1) is 15.5. The van der Waals surface area contributed by atoms with Crippen LogP contribution >= 0.6 is 0 Å². The van der Waals surface area contributed by atoms with Crippen molar-refractivity contribution in [2.45, 2.75) is 24.6 Å². The molecule has 4 nitrogen and oxygen atoms in total. The van der Waals surface area contributed by atoms with Crippen molar-refractivity contribution in [1.29, 1.82) is 0 Å². The van der Waals surface area contributed by atoms with E-state index in [2.05, 4.69) is 18.3 Å². The highest BCUT2D eigenvalue weighted by molar-refractivity contribution is 7.85. The monoisotopic (exact) mass is 297 g/mol. The van der Waals surface area contributed by atoms with Gasteiger partial charge in [-0.05, 0) is 19.0 Å². The number of hydrogen-bond acceptors (Lipinski definition) is 4. The Bertz CT molecular complexity index is 452. The second kappa shape index (κ2) is 7.76. The fourth-order valence-corrected chi connectivity index (χ4v) is 3.99. The minimum atomic E-state index is -0.914. The molecule has 1 N–H and O–H groups in total. The molecule has 1 aromatic carbocycles. The molecule has 20 heavy (non-hydrogen) atoms. The molecule has 0 aliphatic carbocycles. The summed E-state index contributed by atoms with van der Waals surface area (Å²) < 4.78 is 23.3. The first-order chi connectivity index (χ1) is 9.77. The van der Waals surface area contributed by atoms with Crippen LogP contribution in [0.4, 0.5) is 0 Å². The molecule has 0 fully saturated rings. The van der Waals surface area contributed by atoms with Crippen molar-refractivity contribution in [3.8, 4) is 5.75 Å². The second-order valence-corrected chi connectivity index (χ2v) is 6.63. The molecule has 112 valence electrons. The Morgan fingerprint density at radius 3 is 3.00 bits per heavy atom. The number of hydrogen-bond donors (Lipinski definition) is 1. The molecule has 1 aliphatic rings. The summed E-state index contributed by atoms with van der Waals surface area (Å²) in [6.45, 7) is 4.09. The van der Waals surface area contributed by atoms with E-state index in [9.17, 15) is 4.21 Å². The second-order valence-electron chi connectivity index (χ2n) is 4.85. The summed E-state index contributed by atoms with van der Waals surface area (Å²) in [7, 11) is 0.757. The average molecular weight is 297 g/mol. The van der Waals surface area contributed by atoms with Crippen LogP contribution in [-0.4, -0.2) is 42.1 Å². The van der Waals surface area contributed by atoms with Crippen LogP contribution in [0.5, 0.6) is 5.75 Å². The van der Waals surface area contributed by atoms with Gasteiger partial charge in [0.15, 0.2) is 0 Å². The fourth-order valence-electron chi connectivity index (χ4n) is 2.52. The molecule has 0 amide bonds. The predicted molar refractivity (Wildman–Crippen MR) is 81.6 cm³/mol. The lowest BCUT2D eigenvalue weighted by atomic mass is 10.0. The molecular formula is C15H23NO3S. The van der Waals surface area contributed by atoms with Gasteiger partial charge in [0.25, 0.3) is 0 Å². The zero-order valence-corrected chi connectivity index (χ0v) is 12.9. The van der Waals surface area contributed by atoms with Crippen LogP contribution in [0, 0.1) is 0 Å². The van der Waals surface area contributed by atoms with Crippen LogP contribution < -0.4 is 10.1 Å². The van der Waals surface area contributed by atoms with E-state index in [0.717, 1.165) is 24.3 Å². The van der Waals surface area contributed by atoms with Gasteiger partial charge in [-0.25, -0.2) is 0 Å².